The molecule has 1 atom stereocenters. The number of imidazole rings is 1. The van der Waals surface area contributed by atoms with E-state index < -0.39 is 0 Å². The van der Waals surface area contributed by atoms with Gasteiger partial charge in [-0.2, -0.15) is 0 Å². The van der Waals surface area contributed by atoms with Gasteiger partial charge in [-0.3, -0.25) is 0 Å². The molecule has 1 aromatic heterocycles. The third-order valence-corrected chi connectivity index (χ3v) is 2.49. The fourth-order valence-corrected chi connectivity index (χ4v) is 1.75. The molecule has 6 heteroatoms. The molecule has 1 aromatic rings. The van der Waals surface area contributed by atoms with Crippen molar-refractivity contribution in [1.29, 1.82) is 0 Å². The minimum Gasteiger partial charge on any atom is -0.383 e. The number of hydrogen-bond acceptors (Lipinski definition) is 3. The molecule has 0 aliphatic heterocycles. The lowest BCUT2D eigenvalue weighted by molar-refractivity contribution is 0.179. The summed E-state index contributed by atoms with van der Waals surface area (Å²) >= 11 is 5.16. The molecule has 1 heterocycles. The molecular formula is C11H20N4OS. The van der Waals surface area contributed by atoms with Crippen LogP contribution in [0.5, 0.6) is 0 Å². The Kier molecular flexibility index (Phi) is 6.57. The van der Waals surface area contributed by atoms with Gasteiger partial charge in [0.15, 0.2) is 5.11 Å². The molecule has 0 amide bonds. The van der Waals surface area contributed by atoms with E-state index in [0.717, 1.165) is 19.5 Å². The summed E-state index contributed by atoms with van der Waals surface area (Å²) in [6.45, 7) is 4.48. The van der Waals surface area contributed by atoms with Gasteiger partial charge in [-0.05, 0) is 25.6 Å². The summed E-state index contributed by atoms with van der Waals surface area (Å²) in [4.78, 5) is 3.99. The molecule has 0 bridgehead atoms. The Hall–Kier alpha value is -1.14. The van der Waals surface area contributed by atoms with Gasteiger partial charge in [0.25, 0.3) is 0 Å². The molecule has 2 N–H and O–H groups in total. The fourth-order valence-electron chi connectivity index (χ4n) is 1.45. The van der Waals surface area contributed by atoms with E-state index >= 15 is 0 Å². The molecule has 1 rings (SSSR count). The maximum Gasteiger partial charge on any atom is 0.166 e. The molecule has 0 aliphatic carbocycles. The Bertz CT molecular complexity index is 315. The van der Waals surface area contributed by atoms with E-state index in [4.69, 9.17) is 17.0 Å². The number of aryl methyl sites for hydroxylation is 1. The Balaban J connectivity index is 2.04. The van der Waals surface area contributed by atoms with Gasteiger partial charge in [-0.1, -0.05) is 0 Å². The highest BCUT2D eigenvalue weighted by Gasteiger charge is 2.02. The summed E-state index contributed by atoms with van der Waals surface area (Å²) in [6, 6.07) is 0.230. The lowest BCUT2D eigenvalue weighted by atomic mass is 10.4. The minimum atomic E-state index is 0.230. The first-order valence-corrected chi connectivity index (χ1v) is 6.12. The van der Waals surface area contributed by atoms with Crippen molar-refractivity contribution in [1.82, 2.24) is 20.2 Å². The normalized spacial score (nSPS) is 12.1. The van der Waals surface area contributed by atoms with Crippen molar-refractivity contribution in [2.45, 2.75) is 25.9 Å². The molecule has 0 unspecified atom stereocenters. The highest BCUT2D eigenvalue weighted by atomic mass is 32.1. The minimum absolute atomic E-state index is 0.230. The van der Waals surface area contributed by atoms with Gasteiger partial charge >= 0.3 is 0 Å². The molecule has 0 saturated heterocycles. The monoisotopic (exact) mass is 256 g/mol. The molecule has 5 nitrogen and oxygen atoms in total. The van der Waals surface area contributed by atoms with Crippen molar-refractivity contribution in [2.75, 3.05) is 20.3 Å². The quantitative estimate of drug-likeness (QED) is 0.557. The standard InChI is InChI=1S/C11H20N4OS/c1-10(8-16-2)14-11(17)13-4-3-6-15-7-5-12-9-15/h5,7,9-10H,3-4,6,8H2,1-2H3,(H2,13,14,17)/t10-/m1/s1. The molecule has 0 saturated carbocycles. The van der Waals surface area contributed by atoms with Crippen LogP contribution >= 0.6 is 12.2 Å². The third-order valence-electron chi connectivity index (χ3n) is 2.23. The number of nitrogens with zero attached hydrogens (tertiary/aromatic N) is 2. The van der Waals surface area contributed by atoms with Gasteiger partial charge in [0.2, 0.25) is 0 Å². The number of hydrogen-bond donors (Lipinski definition) is 2. The Morgan fingerprint density at radius 1 is 1.59 bits per heavy atom. The summed E-state index contributed by atoms with van der Waals surface area (Å²) in [6.07, 6.45) is 6.57. The lowest BCUT2D eigenvalue weighted by Crippen LogP contribution is -2.42. The predicted molar refractivity (Wildman–Crippen MR) is 71.9 cm³/mol. The zero-order valence-corrected chi connectivity index (χ0v) is 11.2. The highest BCUT2D eigenvalue weighted by molar-refractivity contribution is 7.80. The van der Waals surface area contributed by atoms with Crippen molar-refractivity contribution in [2.24, 2.45) is 0 Å². The van der Waals surface area contributed by atoms with E-state index in [-0.39, 0.29) is 6.04 Å². The molecular weight excluding hydrogens is 236 g/mol. The lowest BCUT2D eigenvalue weighted by Gasteiger charge is -2.16. The van der Waals surface area contributed by atoms with Gasteiger partial charge < -0.3 is 19.9 Å². The summed E-state index contributed by atoms with van der Waals surface area (Å²) in [5.41, 5.74) is 0. The average molecular weight is 256 g/mol. The molecule has 0 aromatic carbocycles. The van der Waals surface area contributed by atoms with E-state index in [2.05, 4.69) is 15.6 Å². The first kappa shape index (κ1) is 13.9. The van der Waals surface area contributed by atoms with Crippen LogP contribution in [-0.4, -0.2) is 41.0 Å². The van der Waals surface area contributed by atoms with Crippen LogP contribution in [0.3, 0.4) is 0 Å². The Morgan fingerprint density at radius 2 is 2.41 bits per heavy atom. The number of thiocarbonyl (C=S) groups is 1. The summed E-state index contributed by atoms with van der Waals surface area (Å²) in [5.74, 6) is 0. The van der Waals surface area contributed by atoms with Gasteiger partial charge in [0.05, 0.1) is 12.9 Å². The second-order valence-electron chi connectivity index (χ2n) is 3.91. The second-order valence-corrected chi connectivity index (χ2v) is 4.32. The van der Waals surface area contributed by atoms with E-state index in [1.807, 2.05) is 24.0 Å². The number of methoxy groups -OCH3 is 1. The fraction of sp³-hybridized carbons (Fsp3) is 0.636. The predicted octanol–water partition coefficient (Wildman–Crippen LogP) is 0.772. The van der Waals surface area contributed by atoms with Crippen LogP contribution in [-0.2, 0) is 11.3 Å². The van der Waals surface area contributed by atoms with Crippen LogP contribution in [0.25, 0.3) is 0 Å². The van der Waals surface area contributed by atoms with Gasteiger partial charge in [-0.25, -0.2) is 4.98 Å². The smallest absolute Gasteiger partial charge is 0.166 e. The number of nitrogens with one attached hydrogen (secondary N) is 2. The number of aromatic nitrogens is 2. The Labute approximate surface area is 108 Å². The maximum atomic E-state index is 5.16. The SMILES string of the molecule is COC[C@@H](C)NC(=S)NCCCn1ccnc1. The summed E-state index contributed by atoms with van der Waals surface area (Å²) < 4.78 is 7.07. The van der Waals surface area contributed by atoms with Crippen LogP contribution in [0.4, 0.5) is 0 Å². The van der Waals surface area contributed by atoms with Crippen molar-refractivity contribution in [3.63, 3.8) is 0 Å². The number of rotatable bonds is 7. The molecule has 96 valence electrons. The molecule has 0 fully saturated rings. The first-order valence-electron chi connectivity index (χ1n) is 5.71. The average Bonchev–Trinajstić information content (AvgIpc) is 2.77. The van der Waals surface area contributed by atoms with Crippen molar-refractivity contribution in [3.8, 4) is 0 Å². The molecule has 17 heavy (non-hydrogen) atoms. The molecule has 0 radical (unpaired) electrons. The summed E-state index contributed by atoms with van der Waals surface area (Å²) in [7, 11) is 1.68. The van der Waals surface area contributed by atoms with Crippen molar-refractivity contribution >= 4 is 17.3 Å². The van der Waals surface area contributed by atoms with E-state index in [1.165, 1.54) is 0 Å². The molecule has 0 aliphatic rings. The second kappa shape index (κ2) is 8.03. The third kappa shape index (κ3) is 6.23. The zero-order chi connectivity index (χ0) is 12.5. The first-order chi connectivity index (χ1) is 8.22. The van der Waals surface area contributed by atoms with Crippen LogP contribution in [0.2, 0.25) is 0 Å². The van der Waals surface area contributed by atoms with Gasteiger partial charge in [0, 0.05) is 38.6 Å². The van der Waals surface area contributed by atoms with E-state index in [9.17, 15) is 0 Å². The van der Waals surface area contributed by atoms with E-state index in [0.29, 0.717) is 11.7 Å². The van der Waals surface area contributed by atoms with Gasteiger partial charge in [0.1, 0.15) is 0 Å². The van der Waals surface area contributed by atoms with Crippen LogP contribution < -0.4 is 10.6 Å². The Morgan fingerprint density at radius 3 is 3.06 bits per heavy atom. The van der Waals surface area contributed by atoms with Crippen LogP contribution in [0.1, 0.15) is 13.3 Å². The van der Waals surface area contributed by atoms with E-state index in [1.54, 1.807) is 13.3 Å². The van der Waals surface area contributed by atoms with Crippen LogP contribution in [0.15, 0.2) is 18.7 Å². The van der Waals surface area contributed by atoms with Gasteiger partial charge in [-0.15, -0.1) is 0 Å². The maximum absolute atomic E-state index is 5.16. The number of ether oxygens (including phenoxy) is 1. The summed E-state index contributed by atoms with van der Waals surface area (Å²) in [5, 5.41) is 7.00. The zero-order valence-electron chi connectivity index (χ0n) is 10.3. The largest absolute Gasteiger partial charge is 0.383 e. The topological polar surface area (TPSA) is 51.1 Å². The van der Waals surface area contributed by atoms with Crippen molar-refractivity contribution in [3.05, 3.63) is 18.7 Å². The van der Waals surface area contributed by atoms with Crippen LogP contribution in [0, 0.1) is 0 Å². The molecule has 0 spiro atoms. The highest BCUT2D eigenvalue weighted by Crippen LogP contribution is 1.89. The van der Waals surface area contributed by atoms with Crippen molar-refractivity contribution < 1.29 is 4.74 Å².